The van der Waals surface area contributed by atoms with Crippen LogP contribution in [-0.4, -0.2) is 63.3 Å². The van der Waals surface area contributed by atoms with Gasteiger partial charge in [0.05, 0.1) is 12.3 Å². The number of phosphoric acid groups is 3. The SMILES string of the molecule is C[C@@H](OP(=O)(O)OP(=O)(O)OP(=O)(O)O)[C@H]1O[C@@H](n2ncc(N)nc2=O)C(N)(C#CCl)[C@H]1O. The van der Waals surface area contributed by atoms with Crippen LogP contribution in [0.5, 0.6) is 0 Å². The lowest BCUT2D eigenvalue weighted by Gasteiger charge is -2.27. The number of aromatic nitrogens is 3. The Kier molecular flexibility index (Phi) is 8.30. The van der Waals surface area contributed by atoms with Gasteiger partial charge in [0, 0.05) is 5.38 Å². The molecule has 0 amide bonds. The molecule has 186 valence electrons. The third-order valence-corrected chi connectivity index (χ3v) is 7.92. The number of ether oxygens (including phenoxy) is 1. The van der Waals surface area contributed by atoms with Crippen molar-refractivity contribution < 1.29 is 56.3 Å². The molecule has 3 unspecified atom stereocenters. The fraction of sp³-hybridized carbons (Fsp3) is 0.545. The average molecular weight is 556 g/mol. The van der Waals surface area contributed by atoms with Gasteiger partial charge in [-0.2, -0.15) is 23.4 Å². The van der Waals surface area contributed by atoms with Gasteiger partial charge in [0.15, 0.2) is 11.8 Å². The molecule has 0 bridgehead atoms. The highest BCUT2D eigenvalue weighted by atomic mass is 35.5. The number of nitrogens with two attached hydrogens (primary N) is 2. The standard InChI is InChI=1S/C11H17ClN5O13P3/c1-5(28-32(23,24)30-33(25,26)29-31(20,21)22)7-8(18)11(14,2-3-12)9(27-7)17-10(19)16-6(13)4-15-17/h4-5,7-9,18H,14H2,1H3,(H,23,24)(H,25,26)(H2,13,16,19)(H2,20,21,22)/t5-,7-,8+,9-,11?/m1/s1. The summed E-state index contributed by atoms with van der Waals surface area (Å²) < 4.78 is 52.0. The van der Waals surface area contributed by atoms with Crippen molar-refractivity contribution in [3.8, 4) is 11.3 Å². The van der Waals surface area contributed by atoms with E-state index in [2.05, 4.69) is 29.1 Å². The van der Waals surface area contributed by atoms with Gasteiger partial charge in [-0.3, -0.25) is 4.52 Å². The lowest BCUT2D eigenvalue weighted by Crippen LogP contribution is -2.56. The quantitative estimate of drug-likeness (QED) is 0.136. The van der Waals surface area contributed by atoms with E-state index < -0.39 is 59.2 Å². The van der Waals surface area contributed by atoms with Crippen LogP contribution in [0, 0.1) is 11.3 Å². The Morgan fingerprint density at radius 1 is 1.27 bits per heavy atom. The maximum atomic E-state index is 12.1. The first kappa shape index (κ1) is 28.0. The molecule has 1 aromatic rings. The van der Waals surface area contributed by atoms with E-state index in [1.54, 1.807) is 0 Å². The van der Waals surface area contributed by atoms with Crippen LogP contribution in [0.3, 0.4) is 0 Å². The van der Waals surface area contributed by atoms with Gasteiger partial charge in [-0.1, -0.05) is 5.92 Å². The van der Waals surface area contributed by atoms with Gasteiger partial charge in [-0.25, -0.2) is 18.5 Å². The van der Waals surface area contributed by atoms with Crippen molar-refractivity contribution in [3.05, 3.63) is 16.7 Å². The summed E-state index contributed by atoms with van der Waals surface area (Å²) in [5, 5.41) is 16.2. The first-order valence-corrected chi connectivity index (χ1v) is 13.1. The zero-order valence-electron chi connectivity index (χ0n) is 16.1. The molecule has 0 aliphatic carbocycles. The lowest BCUT2D eigenvalue weighted by molar-refractivity contribution is -0.0793. The molecule has 0 spiro atoms. The highest BCUT2D eigenvalue weighted by Crippen LogP contribution is 2.66. The average Bonchev–Trinajstić information content (AvgIpc) is 2.83. The second kappa shape index (κ2) is 9.78. The Balaban J connectivity index is 2.31. The molecule has 22 heteroatoms. The molecule has 0 saturated carbocycles. The van der Waals surface area contributed by atoms with Gasteiger partial charge in [0.25, 0.3) is 0 Å². The minimum atomic E-state index is -5.79. The first-order chi connectivity index (χ1) is 14.9. The third kappa shape index (κ3) is 6.89. The number of halogens is 1. The molecule has 7 atom stereocenters. The van der Waals surface area contributed by atoms with Crippen molar-refractivity contribution in [1.82, 2.24) is 14.8 Å². The van der Waals surface area contributed by atoms with Gasteiger partial charge in [-0.15, -0.1) is 0 Å². The Bertz CT molecular complexity index is 1160. The fourth-order valence-electron chi connectivity index (χ4n) is 2.69. The number of rotatable bonds is 8. The first-order valence-electron chi connectivity index (χ1n) is 8.19. The fourth-order valence-corrected chi connectivity index (χ4v) is 6.05. The number of hydrogen-bond donors (Lipinski definition) is 7. The topological polar surface area (TPSA) is 289 Å². The predicted molar refractivity (Wildman–Crippen MR) is 106 cm³/mol. The van der Waals surface area contributed by atoms with Gasteiger partial charge in [0.1, 0.15) is 18.0 Å². The molecule has 1 aliphatic rings. The van der Waals surface area contributed by atoms with Crippen LogP contribution in [0.25, 0.3) is 0 Å². The molecule has 2 heterocycles. The van der Waals surface area contributed by atoms with E-state index in [4.69, 9.17) is 37.6 Å². The van der Waals surface area contributed by atoms with E-state index in [-0.39, 0.29) is 5.82 Å². The van der Waals surface area contributed by atoms with Crippen LogP contribution in [0.2, 0.25) is 0 Å². The number of hydrogen-bond acceptors (Lipinski definition) is 13. The number of anilines is 1. The summed E-state index contributed by atoms with van der Waals surface area (Å²) in [7, 11) is -17.0. The molecule has 1 fully saturated rings. The van der Waals surface area contributed by atoms with Crippen molar-refractivity contribution in [2.45, 2.75) is 37.0 Å². The van der Waals surface area contributed by atoms with Crippen LogP contribution >= 0.6 is 35.1 Å². The van der Waals surface area contributed by atoms with E-state index in [1.165, 1.54) is 0 Å². The minimum Gasteiger partial charge on any atom is -0.387 e. The number of aliphatic hydroxyl groups is 1. The lowest BCUT2D eigenvalue weighted by atomic mass is 9.90. The second-order valence-corrected chi connectivity index (χ2v) is 10.9. The summed E-state index contributed by atoms with van der Waals surface area (Å²) in [4.78, 5) is 51.6. The summed E-state index contributed by atoms with van der Waals surface area (Å²) in [6, 6.07) is 0. The van der Waals surface area contributed by atoms with Crippen molar-refractivity contribution in [3.63, 3.8) is 0 Å². The van der Waals surface area contributed by atoms with Gasteiger partial charge in [-0.05, 0) is 18.5 Å². The van der Waals surface area contributed by atoms with Crippen LogP contribution in [-0.2, 0) is 31.6 Å². The summed E-state index contributed by atoms with van der Waals surface area (Å²) >= 11 is 5.39. The van der Waals surface area contributed by atoms with Crippen LogP contribution in [0.4, 0.5) is 5.82 Å². The zero-order valence-corrected chi connectivity index (χ0v) is 19.5. The highest BCUT2D eigenvalue weighted by Gasteiger charge is 2.58. The van der Waals surface area contributed by atoms with Crippen LogP contribution in [0.1, 0.15) is 13.2 Å². The molecular formula is C11H17ClN5O13P3. The minimum absolute atomic E-state index is 0.251. The van der Waals surface area contributed by atoms with E-state index in [0.717, 1.165) is 13.1 Å². The van der Waals surface area contributed by atoms with E-state index >= 15 is 0 Å². The van der Waals surface area contributed by atoms with E-state index in [9.17, 15) is 33.4 Å². The molecule has 1 aliphatic heterocycles. The molecule has 33 heavy (non-hydrogen) atoms. The molecule has 9 N–H and O–H groups in total. The van der Waals surface area contributed by atoms with Crippen LogP contribution in [0.15, 0.2) is 11.0 Å². The Labute approximate surface area is 188 Å². The van der Waals surface area contributed by atoms with Gasteiger partial charge in [0.2, 0.25) is 0 Å². The monoisotopic (exact) mass is 555 g/mol. The van der Waals surface area contributed by atoms with Crippen molar-refractivity contribution in [2.75, 3.05) is 5.73 Å². The maximum Gasteiger partial charge on any atom is 0.490 e. The smallest absolute Gasteiger partial charge is 0.387 e. The maximum absolute atomic E-state index is 12.1. The van der Waals surface area contributed by atoms with Crippen LogP contribution < -0.4 is 17.2 Å². The molecule has 0 aromatic carbocycles. The summed E-state index contributed by atoms with van der Waals surface area (Å²) in [6.07, 6.45) is -5.99. The van der Waals surface area contributed by atoms with Crippen molar-refractivity contribution in [2.24, 2.45) is 5.73 Å². The van der Waals surface area contributed by atoms with Crippen molar-refractivity contribution >= 4 is 40.9 Å². The normalized spacial score (nSPS) is 30.0. The Morgan fingerprint density at radius 2 is 1.88 bits per heavy atom. The zero-order chi connectivity index (χ0) is 25.4. The number of phosphoric ester groups is 1. The highest BCUT2D eigenvalue weighted by molar-refractivity contribution is 7.66. The summed E-state index contributed by atoms with van der Waals surface area (Å²) in [5.74, 6) is 1.97. The summed E-state index contributed by atoms with van der Waals surface area (Å²) in [5.41, 5.74) is 8.19. The van der Waals surface area contributed by atoms with Gasteiger partial charge >= 0.3 is 29.2 Å². The number of nitrogens with zero attached hydrogens (tertiary/aromatic N) is 3. The number of nitrogen functional groups attached to an aromatic ring is 1. The molecule has 1 aromatic heterocycles. The van der Waals surface area contributed by atoms with E-state index in [1.807, 2.05) is 5.38 Å². The largest absolute Gasteiger partial charge is 0.490 e. The number of aliphatic hydroxyl groups excluding tert-OH is 1. The summed E-state index contributed by atoms with van der Waals surface area (Å²) in [6.45, 7) is 1.01. The predicted octanol–water partition coefficient (Wildman–Crippen LogP) is -1.89. The second-order valence-electron chi connectivity index (χ2n) is 6.36. The molecule has 0 radical (unpaired) electrons. The van der Waals surface area contributed by atoms with Crippen molar-refractivity contribution in [1.29, 1.82) is 0 Å². The Hall–Kier alpha value is -1.25. The molecule has 18 nitrogen and oxygen atoms in total. The molecule has 1 saturated heterocycles. The molecule has 2 rings (SSSR count). The van der Waals surface area contributed by atoms with E-state index in [0.29, 0.717) is 4.68 Å². The molecular weight excluding hydrogens is 539 g/mol. The van der Waals surface area contributed by atoms with Gasteiger partial charge < -0.3 is 40.9 Å². The Morgan fingerprint density at radius 3 is 2.39 bits per heavy atom. The third-order valence-electron chi connectivity index (χ3n) is 3.89.